The number of rotatable bonds is 7. The highest BCUT2D eigenvalue weighted by molar-refractivity contribution is 6.31. The van der Waals surface area contributed by atoms with E-state index >= 15 is 0 Å². The molecule has 2 aromatic carbocycles. The summed E-state index contributed by atoms with van der Waals surface area (Å²) in [7, 11) is 4.24. The minimum absolute atomic E-state index is 0.0380. The Morgan fingerprint density at radius 1 is 1.10 bits per heavy atom. The zero-order valence-electron chi connectivity index (χ0n) is 24.0. The molecule has 5 rings (SSSR count). The van der Waals surface area contributed by atoms with Gasteiger partial charge >= 0.3 is 6.03 Å². The number of amides is 3. The lowest BCUT2D eigenvalue weighted by molar-refractivity contribution is 0.000731. The molecule has 3 aromatic rings. The normalized spacial score (nSPS) is 16.8. The first kappa shape index (κ1) is 29.5. The third-order valence-electron chi connectivity index (χ3n) is 7.50. The molecule has 0 spiro atoms. The van der Waals surface area contributed by atoms with Crippen LogP contribution in [0, 0.1) is 18.8 Å². The standard InChI is InChI=1S/C32H35ClN6O3/c1-21-4-7-24(14-23(21)8-5-22-6-11-30(34-16-22)37-32(41)36-27-19-42-20-27)31(40)35-26-10-9-25(29(33)15-26)17-39-13-12-28(18-39)38(2)3/h4,6-7,9-11,14-16,27-28H,12-13,17-20H2,1-3H3,(H,35,40)(H2,34,36,37,41)/t28-/m1/s1. The fraction of sp³-hybridized carbons (Fsp3) is 0.344. The zero-order chi connectivity index (χ0) is 29.6. The van der Waals surface area contributed by atoms with E-state index in [9.17, 15) is 9.59 Å². The number of benzene rings is 2. The maximum absolute atomic E-state index is 13.1. The van der Waals surface area contributed by atoms with Gasteiger partial charge in [-0.1, -0.05) is 35.6 Å². The molecule has 2 aliphatic heterocycles. The number of hydrogen-bond donors (Lipinski definition) is 3. The van der Waals surface area contributed by atoms with Gasteiger partial charge in [-0.15, -0.1) is 0 Å². The van der Waals surface area contributed by atoms with Crippen LogP contribution in [-0.2, 0) is 11.3 Å². The van der Waals surface area contributed by atoms with Gasteiger partial charge < -0.3 is 20.3 Å². The van der Waals surface area contributed by atoms with E-state index in [4.69, 9.17) is 16.3 Å². The van der Waals surface area contributed by atoms with Gasteiger partial charge in [0, 0.05) is 59.3 Å². The van der Waals surface area contributed by atoms with Crippen LogP contribution in [0.25, 0.3) is 0 Å². The summed E-state index contributed by atoms with van der Waals surface area (Å²) >= 11 is 6.60. The summed E-state index contributed by atoms with van der Waals surface area (Å²) in [6, 6.07) is 14.9. The van der Waals surface area contributed by atoms with Crippen LogP contribution >= 0.6 is 11.6 Å². The molecule has 0 aliphatic carbocycles. The number of likely N-dealkylation sites (tertiary alicyclic amines) is 1. The highest BCUT2D eigenvalue weighted by Crippen LogP contribution is 2.25. The number of aromatic nitrogens is 1. The van der Waals surface area contributed by atoms with Crippen LogP contribution in [-0.4, -0.2) is 79.2 Å². The van der Waals surface area contributed by atoms with Crippen molar-refractivity contribution in [3.63, 3.8) is 0 Å². The van der Waals surface area contributed by atoms with Crippen LogP contribution in [0.4, 0.5) is 16.3 Å². The number of urea groups is 1. The van der Waals surface area contributed by atoms with E-state index in [2.05, 4.69) is 56.7 Å². The van der Waals surface area contributed by atoms with Gasteiger partial charge in [0.15, 0.2) is 0 Å². The average molecular weight is 587 g/mol. The minimum atomic E-state index is -0.320. The molecule has 0 radical (unpaired) electrons. The average Bonchev–Trinajstić information content (AvgIpc) is 3.42. The van der Waals surface area contributed by atoms with Crippen molar-refractivity contribution >= 4 is 35.0 Å². The van der Waals surface area contributed by atoms with E-state index in [1.54, 1.807) is 36.5 Å². The molecule has 2 fully saturated rings. The lowest BCUT2D eigenvalue weighted by Gasteiger charge is -2.26. The number of nitrogens with zero attached hydrogens (tertiary/aromatic N) is 3. The predicted molar refractivity (Wildman–Crippen MR) is 165 cm³/mol. The Labute approximate surface area is 251 Å². The SMILES string of the molecule is Cc1ccc(C(=O)Nc2ccc(CN3CC[C@@H](N(C)C)C3)c(Cl)c2)cc1C#Cc1ccc(NC(=O)NC2COC2)nc1. The summed E-state index contributed by atoms with van der Waals surface area (Å²) < 4.78 is 5.05. The summed E-state index contributed by atoms with van der Waals surface area (Å²) in [5.74, 6) is 6.42. The molecule has 0 bridgehead atoms. The number of ether oxygens (including phenoxy) is 1. The van der Waals surface area contributed by atoms with Crippen LogP contribution in [0.3, 0.4) is 0 Å². The molecule has 2 aliphatic rings. The molecule has 1 aromatic heterocycles. The summed E-state index contributed by atoms with van der Waals surface area (Å²) in [5.41, 5.74) is 4.56. The van der Waals surface area contributed by atoms with Gasteiger partial charge in [0.1, 0.15) is 5.82 Å². The van der Waals surface area contributed by atoms with Gasteiger partial charge in [0.2, 0.25) is 0 Å². The quantitative estimate of drug-likeness (QED) is 0.356. The van der Waals surface area contributed by atoms with Crippen molar-refractivity contribution < 1.29 is 14.3 Å². The Kier molecular flexibility index (Phi) is 9.40. The van der Waals surface area contributed by atoms with E-state index in [1.165, 1.54) is 0 Å². The first-order valence-electron chi connectivity index (χ1n) is 14.0. The Balaban J connectivity index is 1.19. The van der Waals surface area contributed by atoms with E-state index in [-0.39, 0.29) is 18.0 Å². The van der Waals surface area contributed by atoms with Crippen LogP contribution in [0.5, 0.6) is 0 Å². The predicted octanol–water partition coefficient (Wildman–Crippen LogP) is 4.35. The summed E-state index contributed by atoms with van der Waals surface area (Å²) in [6.45, 7) is 5.85. The zero-order valence-corrected chi connectivity index (χ0v) is 24.8. The summed E-state index contributed by atoms with van der Waals surface area (Å²) in [6.07, 6.45) is 2.75. The Hall–Kier alpha value is -3.94. The van der Waals surface area contributed by atoms with E-state index < -0.39 is 0 Å². The second-order valence-corrected chi connectivity index (χ2v) is 11.4. The maximum atomic E-state index is 13.1. The van der Waals surface area contributed by atoms with Crippen LogP contribution < -0.4 is 16.0 Å². The van der Waals surface area contributed by atoms with Crippen molar-refractivity contribution in [3.8, 4) is 11.8 Å². The minimum Gasteiger partial charge on any atom is -0.377 e. The van der Waals surface area contributed by atoms with Crippen molar-refractivity contribution in [2.45, 2.75) is 32.0 Å². The van der Waals surface area contributed by atoms with Crippen molar-refractivity contribution in [1.29, 1.82) is 0 Å². The van der Waals surface area contributed by atoms with Gasteiger partial charge in [-0.05, 0) is 75.0 Å². The molecule has 1 atom stereocenters. The number of hydrogen-bond acceptors (Lipinski definition) is 6. The summed E-state index contributed by atoms with van der Waals surface area (Å²) in [4.78, 5) is 34.0. The van der Waals surface area contributed by atoms with Crippen LogP contribution in [0.15, 0.2) is 54.7 Å². The number of anilines is 2. The number of carbonyl (C=O) groups excluding carboxylic acids is 2. The Bertz CT molecular complexity index is 1510. The largest absolute Gasteiger partial charge is 0.377 e. The maximum Gasteiger partial charge on any atom is 0.320 e. The van der Waals surface area contributed by atoms with Gasteiger partial charge in [-0.2, -0.15) is 0 Å². The molecular weight excluding hydrogens is 552 g/mol. The first-order chi connectivity index (χ1) is 20.2. The lowest BCUT2D eigenvalue weighted by Crippen LogP contribution is -2.50. The van der Waals surface area contributed by atoms with Gasteiger partial charge in [0.25, 0.3) is 5.91 Å². The van der Waals surface area contributed by atoms with Gasteiger partial charge in [-0.3, -0.25) is 15.0 Å². The smallest absolute Gasteiger partial charge is 0.320 e. The molecule has 3 N–H and O–H groups in total. The number of carbonyl (C=O) groups is 2. The highest BCUT2D eigenvalue weighted by Gasteiger charge is 2.24. The number of pyridine rings is 1. The van der Waals surface area contributed by atoms with Gasteiger partial charge in [-0.25, -0.2) is 9.78 Å². The summed E-state index contributed by atoms with van der Waals surface area (Å²) in [5, 5.41) is 9.09. The third-order valence-corrected chi connectivity index (χ3v) is 7.85. The highest BCUT2D eigenvalue weighted by atomic mass is 35.5. The Morgan fingerprint density at radius 2 is 1.93 bits per heavy atom. The third kappa shape index (κ3) is 7.66. The second kappa shape index (κ2) is 13.4. The van der Waals surface area contributed by atoms with Crippen LogP contribution in [0.2, 0.25) is 5.02 Å². The van der Waals surface area contributed by atoms with E-state index in [0.717, 1.165) is 42.7 Å². The molecule has 0 saturated carbocycles. The van der Waals surface area contributed by atoms with Crippen molar-refractivity contribution in [2.75, 3.05) is 51.0 Å². The molecular formula is C32H35ClN6O3. The molecule has 2 saturated heterocycles. The fourth-order valence-corrected chi connectivity index (χ4v) is 5.05. The lowest BCUT2D eigenvalue weighted by atomic mass is 10.0. The number of aryl methyl sites for hydroxylation is 1. The molecule has 42 heavy (non-hydrogen) atoms. The first-order valence-corrected chi connectivity index (χ1v) is 14.3. The molecule has 0 unspecified atom stereocenters. The van der Waals surface area contributed by atoms with E-state index in [1.807, 2.05) is 25.1 Å². The molecule has 218 valence electrons. The number of likely N-dealkylation sites (N-methyl/N-ethyl adjacent to an activating group) is 1. The number of halogens is 1. The Morgan fingerprint density at radius 3 is 2.60 bits per heavy atom. The van der Waals surface area contributed by atoms with Crippen molar-refractivity contribution in [1.82, 2.24) is 20.1 Å². The van der Waals surface area contributed by atoms with Crippen molar-refractivity contribution in [3.05, 3.63) is 87.6 Å². The van der Waals surface area contributed by atoms with Crippen molar-refractivity contribution in [2.24, 2.45) is 0 Å². The molecule has 3 amide bonds. The van der Waals surface area contributed by atoms with E-state index in [0.29, 0.717) is 46.9 Å². The second-order valence-electron chi connectivity index (χ2n) is 10.9. The van der Waals surface area contributed by atoms with Crippen LogP contribution in [0.1, 0.15) is 39.0 Å². The fourth-order valence-electron chi connectivity index (χ4n) is 4.81. The monoisotopic (exact) mass is 586 g/mol. The van der Waals surface area contributed by atoms with Gasteiger partial charge in [0.05, 0.1) is 19.3 Å². The molecule has 3 heterocycles. The number of nitrogens with one attached hydrogen (secondary N) is 3. The topological polar surface area (TPSA) is 98.8 Å². The molecule has 9 nitrogen and oxygen atoms in total. The molecule has 10 heteroatoms.